The third kappa shape index (κ3) is 9.25. The van der Waals surface area contributed by atoms with E-state index in [9.17, 15) is 0 Å². The predicted molar refractivity (Wildman–Crippen MR) is 86.4 cm³/mol. The third-order valence-electron chi connectivity index (χ3n) is 3.65. The smallest absolute Gasteiger partial charge is 0.0485 e. The van der Waals surface area contributed by atoms with E-state index in [-0.39, 0.29) is 0 Å². The minimum absolute atomic E-state index is 0.409. The molecule has 0 nitrogen and oxygen atoms in total. The van der Waals surface area contributed by atoms with Crippen molar-refractivity contribution in [3.8, 4) is 0 Å². The van der Waals surface area contributed by atoms with E-state index >= 15 is 0 Å². The molecule has 1 aliphatic rings. The first-order valence-electron chi connectivity index (χ1n) is 7.80. The highest BCUT2D eigenvalue weighted by Crippen LogP contribution is 2.41. The first kappa shape index (κ1) is 15.7. The third-order valence-corrected chi connectivity index (χ3v) is 11.1. The Hall–Kier alpha value is 0.647. The van der Waals surface area contributed by atoms with Gasteiger partial charge in [0.1, 0.15) is 0 Å². The lowest BCUT2D eigenvalue weighted by Gasteiger charge is -2.25. The molecule has 0 spiro atoms. The van der Waals surface area contributed by atoms with E-state index < -0.39 is 8.07 Å². The largest absolute Gasteiger partial charge is 0.109 e. The van der Waals surface area contributed by atoms with Gasteiger partial charge in [-0.1, -0.05) is 64.6 Å². The van der Waals surface area contributed by atoms with Crippen LogP contribution in [-0.2, 0) is 0 Å². The van der Waals surface area contributed by atoms with Crippen LogP contribution in [-0.4, -0.2) is 26.2 Å². The summed E-state index contributed by atoms with van der Waals surface area (Å²) in [6, 6.07) is 0. The van der Waals surface area contributed by atoms with E-state index in [1.807, 2.05) is 0 Å². The Morgan fingerprint density at radius 1 is 0.647 bits per heavy atom. The minimum atomic E-state index is -0.806. The summed E-state index contributed by atoms with van der Waals surface area (Å²) in [5.41, 5.74) is 0. The topological polar surface area (TPSA) is 0 Å². The normalized spacial score (nSPS) is 22.8. The maximum Gasteiger partial charge on any atom is 0.0485 e. The fourth-order valence-electron chi connectivity index (χ4n) is 2.85. The van der Waals surface area contributed by atoms with Crippen LogP contribution in [0.2, 0.25) is 19.6 Å². The fourth-order valence-corrected chi connectivity index (χ4v) is 11.0. The van der Waals surface area contributed by atoms with Gasteiger partial charge in [0.15, 0.2) is 0 Å². The zero-order chi connectivity index (χ0) is 12.6. The summed E-state index contributed by atoms with van der Waals surface area (Å²) in [6.45, 7) is 7.68. The van der Waals surface area contributed by atoms with Crippen molar-refractivity contribution in [1.82, 2.24) is 0 Å². The molecule has 1 saturated heterocycles. The molecule has 0 aromatic rings. The van der Waals surface area contributed by atoms with Crippen molar-refractivity contribution in [2.75, 3.05) is 18.1 Å². The number of hydrogen-bond acceptors (Lipinski definition) is 0. The lowest BCUT2D eigenvalue weighted by atomic mass is 10.1. The lowest BCUT2D eigenvalue weighted by Crippen LogP contribution is -2.26. The molecule has 0 amide bonds. The quantitative estimate of drug-likeness (QED) is 0.435. The molecule has 17 heavy (non-hydrogen) atoms. The molecule has 0 saturated carbocycles. The minimum Gasteiger partial charge on any atom is -0.109 e. The molecule has 0 aromatic carbocycles. The van der Waals surface area contributed by atoms with Gasteiger partial charge < -0.3 is 0 Å². The molecule has 1 aliphatic heterocycles. The molecule has 1 rings (SSSR count). The van der Waals surface area contributed by atoms with E-state index in [0.29, 0.717) is 7.92 Å². The van der Waals surface area contributed by atoms with Crippen LogP contribution in [0.1, 0.15) is 57.8 Å². The summed E-state index contributed by atoms with van der Waals surface area (Å²) in [4.78, 5) is 0. The molecular formula is C15H33PSi. The average molecular weight is 272 g/mol. The van der Waals surface area contributed by atoms with E-state index in [1.165, 1.54) is 57.8 Å². The van der Waals surface area contributed by atoms with Gasteiger partial charge in [-0.25, -0.2) is 0 Å². The molecule has 0 N–H and O–H groups in total. The molecule has 1 heterocycles. The van der Waals surface area contributed by atoms with Crippen LogP contribution in [0.15, 0.2) is 0 Å². The van der Waals surface area contributed by atoms with Crippen LogP contribution in [0.25, 0.3) is 0 Å². The summed E-state index contributed by atoms with van der Waals surface area (Å²) < 4.78 is 0. The molecule has 2 heteroatoms. The van der Waals surface area contributed by atoms with Gasteiger partial charge in [0.05, 0.1) is 0 Å². The molecule has 0 bridgehead atoms. The molecule has 0 aliphatic carbocycles. The van der Waals surface area contributed by atoms with E-state index in [4.69, 9.17) is 0 Å². The standard InChI is InChI=1S/C15H33PSi/c1-17(2,3)15-16-13-11-9-7-5-4-6-8-10-12-14-16/h4-15H2,1-3H3. The Bertz CT molecular complexity index is 174. The Labute approximate surface area is 112 Å². The van der Waals surface area contributed by atoms with E-state index in [1.54, 1.807) is 18.1 Å². The van der Waals surface area contributed by atoms with Crippen LogP contribution in [0.3, 0.4) is 0 Å². The average Bonchev–Trinajstić information content (AvgIpc) is 2.20. The van der Waals surface area contributed by atoms with Crippen molar-refractivity contribution < 1.29 is 0 Å². The van der Waals surface area contributed by atoms with Crippen molar-refractivity contribution in [3.63, 3.8) is 0 Å². The van der Waals surface area contributed by atoms with Gasteiger partial charge in [-0.3, -0.25) is 0 Å². The summed E-state index contributed by atoms with van der Waals surface area (Å²) in [5.74, 6) is 1.64. The fraction of sp³-hybridized carbons (Fsp3) is 1.00. The highest BCUT2D eigenvalue weighted by atomic mass is 31.1. The van der Waals surface area contributed by atoms with Crippen molar-refractivity contribution in [1.29, 1.82) is 0 Å². The molecule has 0 atom stereocenters. The Kier molecular flexibility index (Phi) is 8.03. The van der Waals surface area contributed by atoms with Crippen molar-refractivity contribution in [3.05, 3.63) is 0 Å². The van der Waals surface area contributed by atoms with E-state index in [0.717, 1.165) is 0 Å². The molecule has 0 radical (unpaired) electrons. The first-order chi connectivity index (χ1) is 8.08. The van der Waals surface area contributed by atoms with Crippen molar-refractivity contribution in [2.45, 2.75) is 77.4 Å². The van der Waals surface area contributed by atoms with Gasteiger partial charge in [0, 0.05) is 8.07 Å². The summed E-state index contributed by atoms with van der Waals surface area (Å²) >= 11 is 0. The van der Waals surface area contributed by atoms with Crippen molar-refractivity contribution in [2.24, 2.45) is 0 Å². The number of rotatable bonds is 2. The zero-order valence-electron chi connectivity index (χ0n) is 12.4. The molecule has 0 unspecified atom stereocenters. The van der Waals surface area contributed by atoms with Crippen LogP contribution in [0.4, 0.5) is 0 Å². The van der Waals surface area contributed by atoms with Gasteiger partial charge in [-0.15, -0.1) is 7.92 Å². The Balaban J connectivity index is 2.32. The lowest BCUT2D eigenvalue weighted by molar-refractivity contribution is 0.570. The van der Waals surface area contributed by atoms with Gasteiger partial charge >= 0.3 is 0 Å². The highest BCUT2D eigenvalue weighted by Gasteiger charge is 2.19. The maximum atomic E-state index is 2.56. The monoisotopic (exact) mass is 272 g/mol. The van der Waals surface area contributed by atoms with Crippen LogP contribution < -0.4 is 0 Å². The number of hydrogen-bond donors (Lipinski definition) is 0. The van der Waals surface area contributed by atoms with Crippen LogP contribution in [0.5, 0.6) is 0 Å². The molecule has 1 fully saturated rings. The summed E-state index contributed by atoms with van der Waals surface area (Å²) in [6.07, 6.45) is 16.8. The predicted octanol–water partition coefficient (Wildman–Crippen LogP) is 5.87. The van der Waals surface area contributed by atoms with Gasteiger partial charge in [0.25, 0.3) is 0 Å². The van der Waals surface area contributed by atoms with Crippen molar-refractivity contribution >= 4 is 16.0 Å². The van der Waals surface area contributed by atoms with Gasteiger partial charge in [0.2, 0.25) is 0 Å². The Morgan fingerprint density at radius 2 is 1.00 bits per heavy atom. The molecule has 0 aromatic heterocycles. The molecular weight excluding hydrogens is 239 g/mol. The SMILES string of the molecule is C[Si](C)(C)CP1CCCCCCCCCCC1. The second-order valence-electron chi connectivity index (χ2n) is 7.02. The second kappa shape index (κ2) is 8.70. The summed E-state index contributed by atoms with van der Waals surface area (Å²) in [5, 5.41) is 0. The maximum absolute atomic E-state index is 2.56. The second-order valence-corrected chi connectivity index (χ2v) is 15.6. The first-order valence-corrected chi connectivity index (χ1v) is 13.4. The van der Waals surface area contributed by atoms with Crippen LogP contribution >= 0.6 is 7.92 Å². The Morgan fingerprint density at radius 3 is 1.35 bits per heavy atom. The van der Waals surface area contributed by atoms with Gasteiger partial charge in [-0.05, 0) is 31.0 Å². The van der Waals surface area contributed by atoms with Crippen LogP contribution in [0, 0.1) is 0 Å². The van der Waals surface area contributed by atoms with E-state index in [2.05, 4.69) is 19.6 Å². The molecule has 102 valence electrons. The summed E-state index contributed by atoms with van der Waals surface area (Å²) in [7, 11) is -0.397. The highest BCUT2D eigenvalue weighted by molar-refractivity contribution is 7.60. The zero-order valence-corrected chi connectivity index (χ0v) is 14.3. The van der Waals surface area contributed by atoms with Gasteiger partial charge in [-0.2, -0.15) is 0 Å².